The fourth-order valence-electron chi connectivity index (χ4n) is 5.60. The maximum Gasteiger partial charge on any atom is 0.247 e. The molecule has 0 radical (unpaired) electrons. The zero-order chi connectivity index (χ0) is 30.0. The number of hydrogen-bond acceptors (Lipinski definition) is 4. The number of carbonyl (C=O) groups excluding carboxylic acids is 3. The Morgan fingerprint density at radius 1 is 1.10 bits per heavy atom. The number of halogens is 3. The average Bonchev–Trinajstić information content (AvgIpc) is 2.95. The second-order valence-electron chi connectivity index (χ2n) is 10.8. The fraction of sp³-hybridized carbons (Fsp3) is 0.312. The number of rotatable bonds is 3. The number of nitrogens with zero attached hydrogens (tertiary/aromatic N) is 2. The van der Waals surface area contributed by atoms with Gasteiger partial charge in [-0.3, -0.25) is 19.4 Å². The van der Waals surface area contributed by atoms with Gasteiger partial charge in [0.1, 0.15) is 5.82 Å². The van der Waals surface area contributed by atoms with Crippen molar-refractivity contribution in [3.8, 4) is 11.1 Å². The number of benzene rings is 2. The number of hydrogen-bond donors (Lipinski definition) is 2. The van der Waals surface area contributed by atoms with Crippen molar-refractivity contribution in [3.05, 3.63) is 82.7 Å². The zero-order valence-electron chi connectivity index (χ0n) is 23.3. The van der Waals surface area contributed by atoms with Crippen molar-refractivity contribution >= 4 is 46.3 Å². The topological polar surface area (TPSA) is 91.4 Å². The van der Waals surface area contributed by atoms with Gasteiger partial charge in [0.05, 0.1) is 28.0 Å². The van der Waals surface area contributed by atoms with Gasteiger partial charge in [0.2, 0.25) is 17.7 Å². The Hall–Kier alpha value is -4.11. The molecule has 42 heavy (non-hydrogen) atoms. The molecule has 0 spiro atoms. The highest BCUT2D eigenvalue weighted by molar-refractivity contribution is 6.31. The number of anilines is 2. The molecular formula is C32H31ClF2N4O3. The molecular weight excluding hydrogens is 562 g/mol. The predicted octanol–water partition coefficient (Wildman–Crippen LogP) is 7.14. The lowest BCUT2D eigenvalue weighted by Crippen LogP contribution is -2.38. The van der Waals surface area contributed by atoms with Crippen molar-refractivity contribution in [2.45, 2.75) is 52.0 Å². The van der Waals surface area contributed by atoms with Crippen molar-refractivity contribution in [2.75, 3.05) is 17.2 Å². The van der Waals surface area contributed by atoms with Gasteiger partial charge >= 0.3 is 0 Å². The van der Waals surface area contributed by atoms with E-state index in [1.54, 1.807) is 23.2 Å². The van der Waals surface area contributed by atoms with Crippen LogP contribution in [0.25, 0.3) is 16.7 Å². The Bertz CT molecular complexity index is 1590. The number of nitrogens with one attached hydrogen (secondary N) is 2. The second-order valence-corrected chi connectivity index (χ2v) is 11.2. The number of pyridine rings is 1. The second kappa shape index (κ2) is 12.4. The molecule has 0 aliphatic carbocycles. The van der Waals surface area contributed by atoms with Gasteiger partial charge in [-0.05, 0) is 66.8 Å². The van der Waals surface area contributed by atoms with Crippen molar-refractivity contribution in [3.63, 3.8) is 0 Å². The lowest BCUT2D eigenvalue weighted by molar-refractivity contribution is -0.129. The standard InChI is InChI=1S/C32H31ClF2N4O3/c1-18-5-3-4-6-28(39-14-12-21(16-29(39)41)30-25(34)10-9-24(33)31(30)35)27-15-20(11-13-36-27)23-8-7-22(37-19(2)40)17-26(23)38-32(18)42/h7-11,13,15-18,28H,3-6,12,14H2,1-2H3,(H,37,40)(H,38,42)/t18-,28+/m1/s1. The summed E-state index contributed by atoms with van der Waals surface area (Å²) in [6.45, 7) is 3.54. The molecule has 3 aromatic rings. The predicted molar refractivity (Wildman–Crippen MR) is 159 cm³/mol. The van der Waals surface area contributed by atoms with E-state index in [0.717, 1.165) is 36.1 Å². The first-order valence-electron chi connectivity index (χ1n) is 14.0. The van der Waals surface area contributed by atoms with Gasteiger partial charge in [-0.1, -0.05) is 37.4 Å². The third kappa shape index (κ3) is 6.21. The van der Waals surface area contributed by atoms with E-state index in [2.05, 4.69) is 15.6 Å². The van der Waals surface area contributed by atoms with Crippen LogP contribution in [0.2, 0.25) is 5.02 Å². The quantitative estimate of drug-likeness (QED) is 0.316. The minimum atomic E-state index is -0.877. The summed E-state index contributed by atoms with van der Waals surface area (Å²) >= 11 is 5.90. The van der Waals surface area contributed by atoms with Gasteiger partial charge in [-0.15, -0.1) is 0 Å². The van der Waals surface area contributed by atoms with Crippen LogP contribution in [-0.4, -0.2) is 34.2 Å². The first-order chi connectivity index (χ1) is 20.1. The van der Waals surface area contributed by atoms with E-state index in [0.29, 0.717) is 29.9 Å². The van der Waals surface area contributed by atoms with Crippen LogP contribution >= 0.6 is 11.6 Å². The van der Waals surface area contributed by atoms with Crippen LogP contribution in [0.3, 0.4) is 0 Å². The molecule has 3 heterocycles. The van der Waals surface area contributed by atoms with E-state index in [1.165, 1.54) is 13.0 Å². The molecule has 5 rings (SSSR count). The molecule has 2 aliphatic rings. The van der Waals surface area contributed by atoms with Gasteiger partial charge in [-0.25, -0.2) is 8.78 Å². The maximum atomic E-state index is 14.7. The summed E-state index contributed by atoms with van der Waals surface area (Å²) in [5, 5.41) is 5.59. The van der Waals surface area contributed by atoms with Crippen molar-refractivity contribution < 1.29 is 23.2 Å². The minimum Gasteiger partial charge on any atom is -0.330 e. The van der Waals surface area contributed by atoms with E-state index < -0.39 is 11.6 Å². The Balaban J connectivity index is 1.53. The summed E-state index contributed by atoms with van der Waals surface area (Å²) in [6.07, 6.45) is 5.96. The monoisotopic (exact) mass is 592 g/mol. The molecule has 2 N–H and O–H groups in total. The SMILES string of the molecule is CC(=O)Nc1ccc2c(c1)NC(=O)[C@H](C)CCCC[C@H](N1CCC(c3c(F)ccc(Cl)c3F)=CC1=O)c1cc-2ccn1. The lowest BCUT2D eigenvalue weighted by atomic mass is 9.94. The smallest absolute Gasteiger partial charge is 0.247 e. The van der Waals surface area contributed by atoms with Crippen molar-refractivity contribution in [1.29, 1.82) is 0 Å². The van der Waals surface area contributed by atoms with Crippen LogP contribution in [0.1, 0.15) is 63.3 Å². The van der Waals surface area contributed by atoms with Crippen LogP contribution in [0, 0.1) is 17.6 Å². The molecule has 2 aromatic carbocycles. The highest BCUT2D eigenvalue weighted by Gasteiger charge is 2.31. The van der Waals surface area contributed by atoms with Gasteiger partial charge in [0.15, 0.2) is 5.82 Å². The normalized spacial score (nSPS) is 19.5. The summed E-state index contributed by atoms with van der Waals surface area (Å²) in [5.74, 6) is -2.60. The van der Waals surface area contributed by atoms with Gasteiger partial charge in [-0.2, -0.15) is 0 Å². The molecule has 7 nitrogen and oxygen atoms in total. The van der Waals surface area contributed by atoms with Gasteiger partial charge in [0.25, 0.3) is 0 Å². The number of amides is 3. The first kappa shape index (κ1) is 29.4. The Morgan fingerprint density at radius 3 is 2.64 bits per heavy atom. The number of fused-ring (bicyclic) bond motifs is 4. The van der Waals surface area contributed by atoms with E-state index in [9.17, 15) is 23.2 Å². The third-order valence-electron chi connectivity index (χ3n) is 7.79. The Labute approximate surface area is 248 Å². The molecule has 0 fully saturated rings. The molecule has 0 saturated heterocycles. The summed E-state index contributed by atoms with van der Waals surface area (Å²) in [5.41, 5.74) is 3.30. The Kier molecular flexibility index (Phi) is 8.68. The number of aromatic nitrogens is 1. The maximum absolute atomic E-state index is 14.7. The first-order valence-corrected chi connectivity index (χ1v) is 14.3. The average molecular weight is 593 g/mol. The van der Waals surface area contributed by atoms with Crippen LogP contribution in [0.5, 0.6) is 0 Å². The van der Waals surface area contributed by atoms with Crippen LogP contribution in [0.4, 0.5) is 20.2 Å². The summed E-state index contributed by atoms with van der Waals surface area (Å²) in [7, 11) is 0. The lowest BCUT2D eigenvalue weighted by Gasteiger charge is -2.34. The minimum absolute atomic E-state index is 0.120. The largest absolute Gasteiger partial charge is 0.330 e. The van der Waals surface area contributed by atoms with E-state index in [4.69, 9.17) is 11.6 Å². The molecule has 218 valence electrons. The molecule has 3 amide bonds. The molecule has 1 aromatic heterocycles. The fourth-order valence-corrected chi connectivity index (χ4v) is 5.76. The zero-order valence-corrected chi connectivity index (χ0v) is 24.1. The summed E-state index contributed by atoms with van der Waals surface area (Å²) in [4.78, 5) is 44.6. The molecule has 2 aliphatic heterocycles. The van der Waals surface area contributed by atoms with E-state index in [1.807, 2.05) is 25.1 Å². The molecule has 2 atom stereocenters. The van der Waals surface area contributed by atoms with Gasteiger partial charge < -0.3 is 15.5 Å². The van der Waals surface area contributed by atoms with Gasteiger partial charge in [0, 0.05) is 42.9 Å². The number of carbonyl (C=O) groups is 3. The molecule has 2 bridgehead atoms. The van der Waals surface area contributed by atoms with Crippen LogP contribution in [0.15, 0.2) is 54.7 Å². The summed E-state index contributed by atoms with van der Waals surface area (Å²) in [6, 6.07) is 10.9. The van der Waals surface area contributed by atoms with E-state index in [-0.39, 0.29) is 58.8 Å². The Morgan fingerprint density at radius 2 is 1.88 bits per heavy atom. The molecule has 0 unspecified atom stereocenters. The van der Waals surface area contributed by atoms with Crippen LogP contribution in [-0.2, 0) is 14.4 Å². The van der Waals surface area contributed by atoms with Crippen LogP contribution < -0.4 is 10.6 Å². The molecule has 10 heteroatoms. The highest BCUT2D eigenvalue weighted by Crippen LogP contribution is 2.37. The molecule has 0 saturated carbocycles. The van der Waals surface area contributed by atoms with Crippen molar-refractivity contribution in [1.82, 2.24) is 9.88 Å². The third-order valence-corrected chi connectivity index (χ3v) is 8.08. The highest BCUT2D eigenvalue weighted by atomic mass is 35.5. The van der Waals surface area contributed by atoms with E-state index >= 15 is 0 Å². The van der Waals surface area contributed by atoms with Crippen molar-refractivity contribution in [2.24, 2.45) is 5.92 Å². The summed E-state index contributed by atoms with van der Waals surface area (Å²) < 4.78 is 29.3.